The third-order valence-electron chi connectivity index (χ3n) is 18.1. The molecule has 1 aliphatic carbocycles. The summed E-state index contributed by atoms with van der Waals surface area (Å²) in [4.78, 5) is 15.2. The summed E-state index contributed by atoms with van der Waals surface area (Å²) in [5, 5.41) is 0. The molecule has 0 saturated heterocycles. The van der Waals surface area contributed by atoms with Gasteiger partial charge in [0.05, 0.1) is 11.4 Å². The second-order valence-electron chi connectivity index (χ2n) is 22.8. The molecule has 17 rings (SSSR count). The molecule has 1 atom stereocenters. The third kappa shape index (κ3) is 7.90. The number of para-hydroxylation sites is 10. The van der Waals surface area contributed by atoms with Crippen molar-refractivity contribution >= 4 is 126 Å². The summed E-state index contributed by atoms with van der Waals surface area (Å²) in [6, 6.07) is 116. The van der Waals surface area contributed by atoms with E-state index < -0.39 is 0 Å². The second-order valence-corrected chi connectivity index (χ2v) is 22.8. The Balaban J connectivity index is 0.975. The first-order valence-corrected chi connectivity index (χ1v) is 29.9. The second kappa shape index (κ2) is 20.4. The molecule has 8 heteroatoms. The van der Waals surface area contributed by atoms with Crippen molar-refractivity contribution in [2.24, 2.45) is 0 Å². The Morgan fingerprint density at radius 3 is 1.06 bits per heavy atom. The maximum absolute atomic E-state index is 2.64. The van der Waals surface area contributed by atoms with Gasteiger partial charge in [0.25, 0.3) is 0 Å². The minimum absolute atomic E-state index is 0.00857. The normalized spacial score (nSPS) is 14.9. The van der Waals surface area contributed by atoms with Crippen LogP contribution in [0.4, 0.5) is 91.0 Å². The molecule has 0 bridgehead atoms. The van der Waals surface area contributed by atoms with Crippen LogP contribution < -0.4 is 51.3 Å². The van der Waals surface area contributed by atoms with Crippen LogP contribution >= 0.6 is 0 Å². The van der Waals surface area contributed by atoms with E-state index >= 15 is 0 Å². The van der Waals surface area contributed by atoms with Gasteiger partial charge in [0.2, 0.25) is 13.4 Å². The number of fused-ring (bicyclic) bond motifs is 7. The van der Waals surface area contributed by atoms with Gasteiger partial charge in [0.1, 0.15) is 0 Å². The fourth-order valence-corrected chi connectivity index (χ4v) is 14.8. The van der Waals surface area contributed by atoms with Crippen molar-refractivity contribution in [3.63, 3.8) is 0 Å². The zero-order valence-electron chi connectivity index (χ0n) is 47.2. The molecular formula is C78H56B2N6. The number of benzene rings is 12. The van der Waals surface area contributed by atoms with Crippen molar-refractivity contribution in [1.29, 1.82) is 0 Å². The van der Waals surface area contributed by atoms with Gasteiger partial charge in [-0.15, -0.1) is 0 Å². The summed E-state index contributed by atoms with van der Waals surface area (Å²) in [6.45, 7) is -0.0796. The number of hydrogen-bond donors (Lipinski definition) is 0. The molecule has 0 radical (unpaired) electrons. The Hall–Kier alpha value is -11.0. The minimum Gasteiger partial charge on any atom is -0.315 e. The highest BCUT2D eigenvalue weighted by atomic mass is 15.2. The van der Waals surface area contributed by atoms with Gasteiger partial charge in [0.15, 0.2) is 0 Å². The molecule has 0 amide bonds. The maximum atomic E-state index is 2.64. The fourth-order valence-electron chi connectivity index (χ4n) is 14.8. The minimum atomic E-state index is -0.0711. The Bertz CT molecular complexity index is 4510. The van der Waals surface area contributed by atoms with Crippen LogP contribution in [-0.2, 0) is 0 Å². The first-order chi connectivity index (χ1) is 42.7. The highest BCUT2D eigenvalue weighted by Crippen LogP contribution is 2.57. The number of hydrogen-bond acceptors (Lipinski definition) is 6. The molecule has 86 heavy (non-hydrogen) atoms. The zero-order chi connectivity index (χ0) is 56.7. The maximum Gasteiger partial charge on any atom is 0.247 e. The molecule has 0 saturated carbocycles. The summed E-state index contributed by atoms with van der Waals surface area (Å²) >= 11 is 0. The summed E-state index contributed by atoms with van der Waals surface area (Å²) in [5.74, 6) is 0.0253. The topological polar surface area (TPSA) is 19.4 Å². The molecule has 0 N–H and O–H groups in total. The van der Waals surface area contributed by atoms with Gasteiger partial charge < -0.3 is 29.4 Å². The molecule has 12 aromatic carbocycles. The summed E-state index contributed by atoms with van der Waals surface area (Å²) in [7, 11) is 0. The van der Waals surface area contributed by atoms with E-state index in [1.54, 1.807) is 0 Å². The van der Waals surface area contributed by atoms with Crippen LogP contribution in [0.5, 0.6) is 0 Å². The molecule has 0 spiro atoms. The van der Waals surface area contributed by atoms with E-state index in [0.29, 0.717) is 0 Å². The molecule has 1 unspecified atom stereocenters. The number of allylic oxidation sites excluding steroid dienone is 3. The first kappa shape index (κ1) is 49.6. The van der Waals surface area contributed by atoms with Gasteiger partial charge in [-0.05, 0) is 174 Å². The lowest BCUT2D eigenvalue weighted by Crippen LogP contribution is -2.61. The molecule has 4 heterocycles. The predicted molar refractivity (Wildman–Crippen MR) is 362 cm³/mol. The third-order valence-corrected chi connectivity index (χ3v) is 18.1. The quantitative estimate of drug-likeness (QED) is 0.126. The van der Waals surface area contributed by atoms with E-state index in [0.717, 1.165) is 69.0 Å². The Morgan fingerprint density at radius 1 is 0.291 bits per heavy atom. The Kier molecular flexibility index (Phi) is 11.8. The standard InChI is InChI=1S/C78H56B2N6/c1-9-29-55(30-10-1)81(56-31-11-2-12-32-56)63-49-73-77-75(51-63)85(61-41-21-7-22-42-61)71-54-72-68(53-67(71)79(77)65-45-25-27-47-69(65)83(73)59-37-17-5-18-38-59)80-66-46-26-28-48-70(66)84(60-39-19-6-20-40-60)74-50-64(52-76(78(74)80)86(72)62-43-23-8-24-44-62)82(57-33-13-3-14-34-57)58-35-15-4-16-36-58/h1-52,54,67H,53H2. The number of rotatable bonds is 10. The molecule has 0 aromatic heterocycles. The smallest absolute Gasteiger partial charge is 0.247 e. The summed E-state index contributed by atoms with van der Waals surface area (Å²) in [6.07, 6.45) is 3.43. The summed E-state index contributed by atoms with van der Waals surface area (Å²) < 4.78 is 0. The molecule has 404 valence electrons. The van der Waals surface area contributed by atoms with Crippen molar-refractivity contribution in [3.8, 4) is 0 Å². The van der Waals surface area contributed by atoms with E-state index in [1.165, 1.54) is 67.2 Å². The van der Waals surface area contributed by atoms with Gasteiger partial charge in [0, 0.05) is 91.0 Å². The number of nitrogens with zero attached hydrogens (tertiary/aromatic N) is 6. The van der Waals surface area contributed by atoms with Crippen LogP contribution in [0.1, 0.15) is 6.42 Å². The first-order valence-electron chi connectivity index (χ1n) is 29.9. The average Bonchev–Trinajstić information content (AvgIpc) is 0.708. The lowest BCUT2D eigenvalue weighted by molar-refractivity contribution is 0.854. The van der Waals surface area contributed by atoms with E-state index in [2.05, 4.69) is 351 Å². The molecule has 4 aliphatic heterocycles. The van der Waals surface area contributed by atoms with Gasteiger partial charge in [-0.1, -0.05) is 187 Å². The van der Waals surface area contributed by atoms with Crippen LogP contribution in [0.15, 0.2) is 338 Å². The monoisotopic (exact) mass is 1100 g/mol. The predicted octanol–water partition coefficient (Wildman–Crippen LogP) is 17.9. The molecular weight excluding hydrogens is 1040 g/mol. The van der Waals surface area contributed by atoms with E-state index in [-0.39, 0.29) is 19.2 Å². The largest absolute Gasteiger partial charge is 0.315 e. The highest BCUT2D eigenvalue weighted by Gasteiger charge is 2.53. The number of anilines is 16. The Morgan fingerprint density at radius 2 is 0.616 bits per heavy atom. The Labute approximate surface area is 503 Å². The molecule has 6 nitrogen and oxygen atoms in total. The van der Waals surface area contributed by atoms with E-state index in [9.17, 15) is 0 Å². The lowest BCUT2D eigenvalue weighted by Gasteiger charge is -2.52. The SMILES string of the molecule is C1=C2C(CC3=C1N(c1ccccc1)c1cc(N(c4ccccc4)c4ccccc4)cc4c1B3c1ccccc1N4c1ccccc1)B1c3ccccc3N(c3ccccc3)c3cc(N(c4ccccc4)c4ccccc4)cc(c31)N2c1ccccc1. The van der Waals surface area contributed by atoms with Crippen LogP contribution in [0.3, 0.4) is 0 Å². The van der Waals surface area contributed by atoms with E-state index in [1.807, 2.05) is 0 Å². The van der Waals surface area contributed by atoms with Crippen molar-refractivity contribution in [2.75, 3.05) is 29.4 Å². The van der Waals surface area contributed by atoms with Crippen LogP contribution in [0.25, 0.3) is 0 Å². The van der Waals surface area contributed by atoms with Crippen molar-refractivity contribution < 1.29 is 0 Å². The highest BCUT2D eigenvalue weighted by molar-refractivity contribution is 6.96. The zero-order valence-corrected chi connectivity index (χ0v) is 47.2. The van der Waals surface area contributed by atoms with Gasteiger partial charge >= 0.3 is 0 Å². The van der Waals surface area contributed by atoms with Crippen LogP contribution in [0.2, 0.25) is 5.82 Å². The van der Waals surface area contributed by atoms with Crippen molar-refractivity contribution in [3.05, 3.63) is 338 Å². The molecule has 0 fully saturated rings. The van der Waals surface area contributed by atoms with Gasteiger partial charge in [-0.25, -0.2) is 0 Å². The van der Waals surface area contributed by atoms with E-state index in [4.69, 9.17) is 0 Å². The van der Waals surface area contributed by atoms with Crippen LogP contribution in [0, 0.1) is 0 Å². The van der Waals surface area contributed by atoms with Gasteiger partial charge in [-0.3, -0.25) is 0 Å². The molecule has 12 aromatic rings. The van der Waals surface area contributed by atoms with Crippen molar-refractivity contribution in [2.45, 2.75) is 12.2 Å². The lowest BCUT2D eigenvalue weighted by atomic mass is 9.25. The van der Waals surface area contributed by atoms with Crippen LogP contribution in [-0.4, -0.2) is 13.4 Å². The van der Waals surface area contributed by atoms with Gasteiger partial charge in [-0.2, -0.15) is 0 Å². The van der Waals surface area contributed by atoms with Crippen molar-refractivity contribution in [1.82, 2.24) is 0 Å². The average molecular weight is 1100 g/mol. The molecule has 5 aliphatic rings. The summed E-state index contributed by atoms with van der Waals surface area (Å²) in [5.41, 5.74) is 27.2. The fraction of sp³-hybridized carbons (Fsp3) is 0.0256.